The van der Waals surface area contributed by atoms with Crippen molar-refractivity contribution in [3.63, 3.8) is 0 Å². The summed E-state index contributed by atoms with van der Waals surface area (Å²) in [7, 11) is 0. The van der Waals surface area contributed by atoms with Gasteiger partial charge in [-0.05, 0) is 85.0 Å². The third-order valence-corrected chi connectivity index (χ3v) is 6.42. The van der Waals surface area contributed by atoms with E-state index in [1.165, 1.54) is 0 Å². The first-order chi connectivity index (χ1) is 15.1. The first-order valence-corrected chi connectivity index (χ1v) is 11.3. The minimum Gasteiger partial charge on any atom is -0.480 e. The number of nitrogens with zero attached hydrogens (tertiary/aromatic N) is 1. The molecule has 0 radical (unpaired) electrons. The zero-order chi connectivity index (χ0) is 23.6. The highest BCUT2D eigenvalue weighted by Gasteiger charge is 2.43. The molecule has 0 bridgehead atoms. The van der Waals surface area contributed by atoms with Crippen molar-refractivity contribution in [1.82, 2.24) is 4.90 Å². The standard InChI is InChI=1S/C24H24ClNO5S/c1-13(2)9-19(23(28)29)26-22(27)20(32-24(26)30)12-16-5-7-17(8-6-16)31-18-10-14(3)21(25)15(4)11-18/h5-8,10-13,19H,9H2,1-4H3,(H,28,29)/b20-12-/t19-/m0/s1. The Hall–Kier alpha value is -2.77. The van der Waals surface area contributed by atoms with Crippen molar-refractivity contribution in [1.29, 1.82) is 0 Å². The molecule has 1 saturated heterocycles. The molecule has 1 N–H and O–H groups in total. The molecule has 8 heteroatoms. The summed E-state index contributed by atoms with van der Waals surface area (Å²) in [5.74, 6) is -0.463. The molecule has 1 atom stereocenters. The van der Waals surface area contributed by atoms with Gasteiger partial charge in [-0.25, -0.2) is 4.79 Å². The molecule has 0 aromatic heterocycles. The van der Waals surface area contributed by atoms with E-state index in [9.17, 15) is 19.5 Å². The Labute approximate surface area is 196 Å². The van der Waals surface area contributed by atoms with Crippen molar-refractivity contribution in [2.45, 2.75) is 40.2 Å². The Morgan fingerprint density at radius 3 is 2.25 bits per heavy atom. The number of aliphatic carboxylic acids is 1. The van der Waals surface area contributed by atoms with Crippen LogP contribution in [0, 0.1) is 19.8 Å². The summed E-state index contributed by atoms with van der Waals surface area (Å²) in [5.41, 5.74) is 2.54. The Morgan fingerprint density at radius 1 is 1.12 bits per heavy atom. The van der Waals surface area contributed by atoms with E-state index in [2.05, 4.69) is 0 Å². The summed E-state index contributed by atoms with van der Waals surface area (Å²) in [6.07, 6.45) is 1.79. The number of rotatable bonds is 7. The summed E-state index contributed by atoms with van der Waals surface area (Å²) in [5, 5.41) is 9.64. The molecule has 1 fully saturated rings. The number of amides is 2. The van der Waals surface area contributed by atoms with Gasteiger partial charge in [0, 0.05) is 5.02 Å². The molecule has 0 aliphatic carbocycles. The van der Waals surface area contributed by atoms with Gasteiger partial charge in [-0.15, -0.1) is 0 Å². The lowest BCUT2D eigenvalue weighted by atomic mass is 10.0. The fourth-order valence-corrected chi connectivity index (χ4v) is 4.38. The van der Waals surface area contributed by atoms with Crippen LogP contribution in [0.25, 0.3) is 6.08 Å². The third-order valence-electron chi connectivity index (χ3n) is 4.94. The number of carboxylic acid groups (broad SMARTS) is 1. The van der Waals surface area contributed by atoms with Crippen molar-refractivity contribution in [3.8, 4) is 11.5 Å². The van der Waals surface area contributed by atoms with Gasteiger partial charge in [-0.2, -0.15) is 0 Å². The SMILES string of the molecule is Cc1cc(Oc2ccc(/C=C3\SC(=O)N([C@@H](CC(C)C)C(=O)O)C3=O)cc2)cc(C)c1Cl. The second-order valence-electron chi connectivity index (χ2n) is 8.08. The van der Waals surface area contributed by atoms with Crippen LogP contribution in [0.1, 0.15) is 37.0 Å². The van der Waals surface area contributed by atoms with E-state index in [0.717, 1.165) is 27.8 Å². The van der Waals surface area contributed by atoms with Gasteiger partial charge >= 0.3 is 5.97 Å². The summed E-state index contributed by atoms with van der Waals surface area (Å²) in [4.78, 5) is 37.8. The molecule has 6 nitrogen and oxygen atoms in total. The highest BCUT2D eigenvalue weighted by Crippen LogP contribution is 2.35. The Balaban J connectivity index is 1.77. The Bertz CT molecular complexity index is 1070. The molecule has 1 aliphatic heterocycles. The highest BCUT2D eigenvalue weighted by molar-refractivity contribution is 8.18. The van der Waals surface area contributed by atoms with Gasteiger partial charge in [0.2, 0.25) is 0 Å². The minimum atomic E-state index is -1.18. The van der Waals surface area contributed by atoms with Crippen LogP contribution in [-0.4, -0.2) is 33.2 Å². The van der Waals surface area contributed by atoms with E-state index in [1.54, 1.807) is 30.3 Å². The molecule has 2 aromatic carbocycles. The summed E-state index contributed by atoms with van der Waals surface area (Å²) in [6.45, 7) is 7.52. The number of hydrogen-bond donors (Lipinski definition) is 1. The second kappa shape index (κ2) is 9.79. The van der Waals surface area contributed by atoms with Crippen LogP contribution in [0.2, 0.25) is 5.02 Å². The Morgan fingerprint density at radius 2 is 1.72 bits per heavy atom. The molecule has 2 amide bonds. The predicted octanol–water partition coefficient (Wildman–Crippen LogP) is 6.28. The van der Waals surface area contributed by atoms with Gasteiger partial charge in [0.05, 0.1) is 4.91 Å². The molecule has 0 saturated carbocycles. The maximum absolute atomic E-state index is 12.8. The lowest BCUT2D eigenvalue weighted by molar-refractivity contribution is -0.146. The molecule has 1 aliphatic rings. The zero-order valence-corrected chi connectivity index (χ0v) is 19.8. The van der Waals surface area contributed by atoms with E-state index in [4.69, 9.17) is 16.3 Å². The topological polar surface area (TPSA) is 83.9 Å². The number of imide groups is 1. The summed E-state index contributed by atoms with van der Waals surface area (Å²) in [6, 6.07) is 9.59. The first-order valence-electron chi connectivity index (χ1n) is 10.1. The van der Waals surface area contributed by atoms with Crippen molar-refractivity contribution >= 4 is 46.6 Å². The third kappa shape index (κ3) is 5.34. The number of ether oxygens (including phenoxy) is 1. The quantitative estimate of drug-likeness (QED) is 0.476. The van der Waals surface area contributed by atoms with Crippen LogP contribution >= 0.6 is 23.4 Å². The van der Waals surface area contributed by atoms with E-state index in [-0.39, 0.29) is 17.2 Å². The van der Waals surface area contributed by atoms with Crippen molar-refractivity contribution in [2.24, 2.45) is 5.92 Å². The van der Waals surface area contributed by atoms with Gasteiger partial charge in [-0.1, -0.05) is 37.6 Å². The van der Waals surface area contributed by atoms with Crippen LogP contribution < -0.4 is 4.74 Å². The number of carbonyl (C=O) groups excluding carboxylic acids is 2. The Kier molecular flexibility index (Phi) is 7.31. The average molecular weight is 474 g/mol. The number of benzene rings is 2. The van der Waals surface area contributed by atoms with Crippen LogP contribution in [0.3, 0.4) is 0 Å². The van der Waals surface area contributed by atoms with Crippen molar-refractivity contribution < 1.29 is 24.2 Å². The molecule has 1 heterocycles. The molecular formula is C24H24ClNO5S. The molecule has 32 heavy (non-hydrogen) atoms. The number of thioether (sulfide) groups is 1. The van der Waals surface area contributed by atoms with Crippen LogP contribution in [0.15, 0.2) is 41.3 Å². The lowest BCUT2D eigenvalue weighted by Crippen LogP contribution is -2.44. The van der Waals surface area contributed by atoms with Crippen LogP contribution in [-0.2, 0) is 9.59 Å². The highest BCUT2D eigenvalue weighted by atomic mass is 35.5. The molecule has 0 spiro atoms. The van der Waals surface area contributed by atoms with Crippen molar-refractivity contribution in [2.75, 3.05) is 0 Å². The van der Waals surface area contributed by atoms with Gasteiger partial charge < -0.3 is 9.84 Å². The number of carbonyl (C=O) groups is 3. The van der Waals surface area contributed by atoms with Crippen LogP contribution in [0.5, 0.6) is 11.5 Å². The first kappa shape index (κ1) is 23.9. The maximum Gasteiger partial charge on any atom is 0.326 e. The molecule has 3 rings (SSSR count). The van der Waals surface area contributed by atoms with Gasteiger partial charge in [0.1, 0.15) is 17.5 Å². The van der Waals surface area contributed by atoms with Gasteiger partial charge in [-0.3, -0.25) is 14.5 Å². The average Bonchev–Trinajstić information content (AvgIpc) is 2.98. The smallest absolute Gasteiger partial charge is 0.326 e. The van der Waals surface area contributed by atoms with E-state index < -0.39 is 23.2 Å². The second-order valence-corrected chi connectivity index (χ2v) is 9.45. The normalized spacial score (nSPS) is 16.2. The van der Waals surface area contributed by atoms with Crippen LogP contribution in [0.4, 0.5) is 4.79 Å². The zero-order valence-electron chi connectivity index (χ0n) is 18.2. The van der Waals surface area contributed by atoms with E-state index in [0.29, 0.717) is 22.1 Å². The van der Waals surface area contributed by atoms with Gasteiger partial charge in [0.15, 0.2) is 0 Å². The van der Waals surface area contributed by atoms with Gasteiger partial charge in [0.25, 0.3) is 11.1 Å². The molecule has 0 unspecified atom stereocenters. The maximum atomic E-state index is 12.8. The molecule has 2 aromatic rings. The number of halogens is 1. The van der Waals surface area contributed by atoms with E-state index >= 15 is 0 Å². The number of carboxylic acids is 1. The fraction of sp³-hybridized carbons (Fsp3) is 0.292. The fourth-order valence-electron chi connectivity index (χ4n) is 3.40. The van der Waals surface area contributed by atoms with Crippen molar-refractivity contribution in [3.05, 3.63) is 63.0 Å². The van der Waals surface area contributed by atoms with E-state index in [1.807, 2.05) is 39.8 Å². The predicted molar refractivity (Wildman–Crippen MR) is 126 cm³/mol. The lowest BCUT2D eigenvalue weighted by Gasteiger charge is -2.22. The summed E-state index contributed by atoms with van der Waals surface area (Å²) < 4.78 is 5.89. The largest absolute Gasteiger partial charge is 0.480 e. The molecular weight excluding hydrogens is 450 g/mol. The summed E-state index contributed by atoms with van der Waals surface area (Å²) >= 11 is 6.95. The number of hydrogen-bond acceptors (Lipinski definition) is 5. The monoisotopic (exact) mass is 473 g/mol. The molecule has 168 valence electrons. The minimum absolute atomic E-state index is 0.0236. The number of aryl methyl sites for hydroxylation is 2.